The molecule has 0 bridgehead atoms. The summed E-state index contributed by atoms with van der Waals surface area (Å²) in [6.07, 6.45) is 7.22. The van der Waals surface area contributed by atoms with Crippen molar-refractivity contribution in [2.45, 2.75) is 26.9 Å². The van der Waals surface area contributed by atoms with Gasteiger partial charge in [-0.2, -0.15) is 10.2 Å². The molecule has 3 aromatic heterocycles. The number of carbonyl (C=O) groups excluding carboxylic acids is 1. The average Bonchev–Trinajstić information content (AvgIpc) is 3.25. The van der Waals surface area contributed by atoms with Gasteiger partial charge in [0, 0.05) is 63.4 Å². The number of hydrogen-bond acceptors (Lipinski definition) is 5. The Labute approximate surface area is 152 Å². The van der Waals surface area contributed by atoms with Crippen LogP contribution in [0.4, 0.5) is 0 Å². The van der Waals surface area contributed by atoms with Crippen molar-refractivity contribution < 1.29 is 4.79 Å². The Kier molecular flexibility index (Phi) is 4.42. The minimum atomic E-state index is 0.00772. The highest BCUT2D eigenvalue weighted by Gasteiger charge is 2.25. The smallest absolute Gasteiger partial charge is 0.259 e. The summed E-state index contributed by atoms with van der Waals surface area (Å²) in [4.78, 5) is 21.4. The number of fused-ring (bicyclic) bond motifs is 1. The Morgan fingerprint density at radius 3 is 2.77 bits per heavy atom. The molecule has 0 spiro atoms. The lowest BCUT2D eigenvalue weighted by Crippen LogP contribution is -2.48. The zero-order valence-corrected chi connectivity index (χ0v) is 15.2. The van der Waals surface area contributed by atoms with E-state index in [-0.39, 0.29) is 5.91 Å². The number of aromatic nitrogens is 5. The third-order valence-corrected chi connectivity index (χ3v) is 4.94. The molecule has 8 nitrogen and oxygen atoms in total. The van der Waals surface area contributed by atoms with E-state index in [9.17, 15) is 4.79 Å². The summed E-state index contributed by atoms with van der Waals surface area (Å²) in [6, 6.07) is 1.80. The van der Waals surface area contributed by atoms with Crippen LogP contribution in [0.15, 0.2) is 30.9 Å². The van der Waals surface area contributed by atoms with Gasteiger partial charge in [-0.25, -0.2) is 9.50 Å². The molecular formula is C18H23N7O. The molecule has 1 saturated heterocycles. The minimum Gasteiger partial charge on any atom is -0.336 e. The number of amides is 1. The summed E-state index contributed by atoms with van der Waals surface area (Å²) in [6.45, 7) is 9.05. The van der Waals surface area contributed by atoms with E-state index < -0.39 is 0 Å². The number of carbonyl (C=O) groups is 1. The van der Waals surface area contributed by atoms with Gasteiger partial charge in [0.2, 0.25) is 0 Å². The van der Waals surface area contributed by atoms with Crippen LogP contribution >= 0.6 is 0 Å². The maximum Gasteiger partial charge on any atom is 0.259 e. The van der Waals surface area contributed by atoms with Crippen LogP contribution in [0.1, 0.15) is 28.5 Å². The van der Waals surface area contributed by atoms with Gasteiger partial charge in [0.1, 0.15) is 5.56 Å². The van der Waals surface area contributed by atoms with Gasteiger partial charge in [-0.3, -0.25) is 14.4 Å². The Bertz CT molecular complexity index is 921. The van der Waals surface area contributed by atoms with Crippen LogP contribution in [0.5, 0.6) is 0 Å². The summed E-state index contributed by atoms with van der Waals surface area (Å²) in [5.41, 5.74) is 3.53. The fraction of sp³-hybridized carbons (Fsp3) is 0.444. The number of aryl methyl sites for hydroxylation is 2. The van der Waals surface area contributed by atoms with Crippen LogP contribution in [0.2, 0.25) is 0 Å². The quantitative estimate of drug-likeness (QED) is 0.705. The van der Waals surface area contributed by atoms with Crippen molar-refractivity contribution in [2.75, 3.05) is 26.2 Å². The third kappa shape index (κ3) is 3.08. The van der Waals surface area contributed by atoms with Crippen LogP contribution in [-0.4, -0.2) is 66.3 Å². The second-order valence-electron chi connectivity index (χ2n) is 6.61. The van der Waals surface area contributed by atoms with Crippen molar-refractivity contribution in [1.29, 1.82) is 0 Å². The van der Waals surface area contributed by atoms with Crippen molar-refractivity contribution >= 4 is 11.6 Å². The average molecular weight is 353 g/mol. The molecule has 0 unspecified atom stereocenters. The maximum atomic E-state index is 12.8. The van der Waals surface area contributed by atoms with Gasteiger partial charge in [-0.1, -0.05) is 0 Å². The fourth-order valence-corrected chi connectivity index (χ4v) is 3.37. The highest BCUT2D eigenvalue weighted by Crippen LogP contribution is 2.15. The van der Waals surface area contributed by atoms with Crippen molar-refractivity contribution in [1.82, 2.24) is 34.2 Å². The lowest BCUT2D eigenvalue weighted by Gasteiger charge is -2.34. The summed E-state index contributed by atoms with van der Waals surface area (Å²) >= 11 is 0. The second-order valence-corrected chi connectivity index (χ2v) is 6.61. The second kappa shape index (κ2) is 6.87. The molecule has 8 heteroatoms. The number of hydrogen-bond donors (Lipinski definition) is 0. The Morgan fingerprint density at radius 2 is 2.04 bits per heavy atom. The van der Waals surface area contributed by atoms with Crippen LogP contribution in [0.25, 0.3) is 5.65 Å². The predicted molar refractivity (Wildman–Crippen MR) is 96.8 cm³/mol. The molecule has 0 N–H and O–H groups in total. The largest absolute Gasteiger partial charge is 0.336 e. The highest BCUT2D eigenvalue weighted by molar-refractivity contribution is 5.99. The number of rotatable bonds is 4. The van der Waals surface area contributed by atoms with E-state index in [0.717, 1.165) is 31.9 Å². The molecule has 4 rings (SSSR count). The zero-order chi connectivity index (χ0) is 18.1. The monoisotopic (exact) mass is 353 g/mol. The zero-order valence-electron chi connectivity index (χ0n) is 15.2. The number of nitrogens with zero attached hydrogens (tertiary/aromatic N) is 7. The van der Waals surface area contributed by atoms with Crippen molar-refractivity contribution in [3.05, 3.63) is 47.7 Å². The molecule has 1 aliphatic rings. The summed E-state index contributed by atoms with van der Waals surface area (Å²) in [7, 11) is 0. The van der Waals surface area contributed by atoms with Crippen molar-refractivity contribution in [3.63, 3.8) is 0 Å². The van der Waals surface area contributed by atoms with Gasteiger partial charge in [-0.15, -0.1) is 0 Å². The first-order valence-corrected chi connectivity index (χ1v) is 8.98. The molecule has 0 aromatic carbocycles. The molecule has 26 heavy (non-hydrogen) atoms. The van der Waals surface area contributed by atoms with Gasteiger partial charge in [0.25, 0.3) is 5.91 Å². The Morgan fingerprint density at radius 1 is 1.23 bits per heavy atom. The number of piperazine rings is 1. The SMILES string of the molecule is CCn1cc(CN2CCN(C(=O)c3cnn4cccnc34)CC2)c(C)n1. The van der Waals surface area contributed by atoms with Gasteiger partial charge in [-0.05, 0) is 19.9 Å². The summed E-state index contributed by atoms with van der Waals surface area (Å²) in [5.74, 6) is 0.00772. The maximum absolute atomic E-state index is 12.8. The van der Waals surface area contributed by atoms with E-state index >= 15 is 0 Å². The molecule has 1 fully saturated rings. The van der Waals surface area contributed by atoms with Crippen LogP contribution < -0.4 is 0 Å². The first kappa shape index (κ1) is 16.7. The molecule has 0 saturated carbocycles. The molecule has 136 valence electrons. The highest BCUT2D eigenvalue weighted by atomic mass is 16.2. The van der Waals surface area contributed by atoms with E-state index in [1.54, 1.807) is 29.2 Å². The molecular weight excluding hydrogens is 330 g/mol. The first-order chi connectivity index (χ1) is 12.7. The molecule has 0 aliphatic carbocycles. The Hall–Kier alpha value is -2.74. The van der Waals surface area contributed by atoms with Gasteiger partial charge < -0.3 is 4.90 Å². The fourth-order valence-electron chi connectivity index (χ4n) is 3.37. The van der Waals surface area contributed by atoms with Crippen molar-refractivity contribution in [3.8, 4) is 0 Å². The van der Waals surface area contributed by atoms with Crippen LogP contribution in [0, 0.1) is 6.92 Å². The van der Waals surface area contributed by atoms with Gasteiger partial charge >= 0.3 is 0 Å². The summed E-state index contributed by atoms with van der Waals surface area (Å²) < 4.78 is 3.61. The topological polar surface area (TPSA) is 71.6 Å². The van der Waals surface area contributed by atoms with E-state index in [0.29, 0.717) is 24.3 Å². The predicted octanol–water partition coefficient (Wildman–Crippen LogP) is 1.21. The van der Waals surface area contributed by atoms with Crippen LogP contribution in [0.3, 0.4) is 0 Å². The lowest BCUT2D eigenvalue weighted by atomic mass is 10.2. The third-order valence-electron chi connectivity index (χ3n) is 4.94. The van der Waals surface area contributed by atoms with Crippen molar-refractivity contribution in [2.24, 2.45) is 0 Å². The normalized spacial score (nSPS) is 15.7. The molecule has 1 aliphatic heterocycles. The van der Waals surface area contributed by atoms with Crippen LogP contribution in [-0.2, 0) is 13.1 Å². The lowest BCUT2D eigenvalue weighted by molar-refractivity contribution is 0.0630. The standard InChI is InChI=1S/C18H23N7O/c1-3-24-13-15(14(2)21-24)12-22-7-9-23(10-8-22)18(26)16-11-20-25-6-4-5-19-17(16)25/h4-6,11,13H,3,7-10,12H2,1-2H3. The molecule has 4 heterocycles. The molecule has 3 aromatic rings. The van der Waals surface area contributed by atoms with E-state index in [1.807, 2.05) is 9.58 Å². The molecule has 0 radical (unpaired) electrons. The molecule has 1 amide bonds. The van der Waals surface area contributed by atoms with E-state index in [1.165, 1.54) is 5.56 Å². The minimum absolute atomic E-state index is 0.00772. The van der Waals surface area contributed by atoms with Gasteiger partial charge in [0.15, 0.2) is 5.65 Å². The van der Waals surface area contributed by atoms with E-state index in [4.69, 9.17) is 0 Å². The van der Waals surface area contributed by atoms with Gasteiger partial charge in [0.05, 0.1) is 11.9 Å². The van der Waals surface area contributed by atoms with E-state index in [2.05, 4.69) is 40.1 Å². The first-order valence-electron chi connectivity index (χ1n) is 8.98. The molecule has 0 atom stereocenters. The Balaban J connectivity index is 1.40. The summed E-state index contributed by atoms with van der Waals surface area (Å²) in [5, 5.41) is 8.72.